The number of nitrogens with zero attached hydrogens (tertiary/aromatic N) is 3. The number of amides is 2. The third-order valence-electron chi connectivity index (χ3n) is 3.17. The van der Waals surface area contributed by atoms with Gasteiger partial charge in [-0.15, -0.1) is 0 Å². The molecule has 0 aliphatic heterocycles. The highest BCUT2D eigenvalue weighted by Gasteiger charge is 2.27. The van der Waals surface area contributed by atoms with Crippen LogP contribution in [0.4, 0.5) is 4.79 Å². The summed E-state index contributed by atoms with van der Waals surface area (Å²) in [5.74, 6) is -0.989. The van der Waals surface area contributed by atoms with Gasteiger partial charge in [0.1, 0.15) is 6.04 Å². The van der Waals surface area contributed by atoms with Gasteiger partial charge in [0.05, 0.1) is 12.2 Å². The molecule has 0 aromatic carbocycles. The number of rotatable bonds is 6. The lowest BCUT2D eigenvalue weighted by Gasteiger charge is -2.30. The van der Waals surface area contributed by atoms with Gasteiger partial charge in [0.25, 0.3) is 0 Å². The Labute approximate surface area is 119 Å². The normalized spacial score (nSPS) is 11.8. The van der Waals surface area contributed by atoms with Crippen molar-refractivity contribution in [3.63, 3.8) is 0 Å². The number of likely N-dealkylation sites (N-methyl/N-ethyl adjacent to an activating group) is 1. The van der Waals surface area contributed by atoms with Crippen LogP contribution in [0.25, 0.3) is 0 Å². The van der Waals surface area contributed by atoms with Crippen molar-refractivity contribution in [3.05, 3.63) is 30.1 Å². The maximum absolute atomic E-state index is 12.3. The lowest BCUT2D eigenvalue weighted by atomic mass is 10.2. The number of carboxylic acid groups (broad SMARTS) is 1. The maximum atomic E-state index is 12.3. The predicted octanol–water partition coefficient (Wildman–Crippen LogP) is 1.82. The van der Waals surface area contributed by atoms with Crippen molar-refractivity contribution < 1.29 is 14.7 Å². The minimum Gasteiger partial charge on any atom is -0.480 e. The molecule has 1 N–H and O–H groups in total. The van der Waals surface area contributed by atoms with Gasteiger partial charge in [0.2, 0.25) is 0 Å². The van der Waals surface area contributed by atoms with Crippen LogP contribution in [0.5, 0.6) is 0 Å². The summed E-state index contributed by atoms with van der Waals surface area (Å²) in [6, 6.07) is 4.40. The average molecular weight is 279 g/mol. The fraction of sp³-hybridized carbons (Fsp3) is 0.500. The molecule has 6 nitrogen and oxygen atoms in total. The van der Waals surface area contributed by atoms with E-state index < -0.39 is 12.0 Å². The Morgan fingerprint density at radius 2 is 2.05 bits per heavy atom. The molecule has 2 amide bonds. The van der Waals surface area contributed by atoms with E-state index in [0.717, 1.165) is 5.69 Å². The van der Waals surface area contributed by atoms with Crippen LogP contribution in [0.1, 0.15) is 26.0 Å². The van der Waals surface area contributed by atoms with E-state index in [-0.39, 0.29) is 6.03 Å². The zero-order valence-electron chi connectivity index (χ0n) is 12.1. The van der Waals surface area contributed by atoms with Gasteiger partial charge < -0.3 is 14.9 Å². The van der Waals surface area contributed by atoms with Gasteiger partial charge >= 0.3 is 12.0 Å². The molecule has 0 radical (unpaired) electrons. The van der Waals surface area contributed by atoms with E-state index in [1.165, 1.54) is 11.9 Å². The number of aliphatic carboxylic acids is 1. The molecule has 0 saturated carbocycles. The molecular weight excluding hydrogens is 258 g/mol. The molecule has 1 aromatic rings. The molecule has 1 heterocycles. The number of aromatic nitrogens is 1. The lowest BCUT2D eigenvalue weighted by Crippen LogP contribution is -2.48. The molecule has 0 aliphatic rings. The molecule has 6 heteroatoms. The highest BCUT2D eigenvalue weighted by Crippen LogP contribution is 2.09. The van der Waals surface area contributed by atoms with Gasteiger partial charge in [0.15, 0.2) is 0 Å². The van der Waals surface area contributed by atoms with E-state index in [1.54, 1.807) is 18.0 Å². The van der Waals surface area contributed by atoms with Gasteiger partial charge in [-0.25, -0.2) is 9.59 Å². The third-order valence-corrected chi connectivity index (χ3v) is 3.17. The van der Waals surface area contributed by atoms with E-state index in [4.69, 9.17) is 5.11 Å². The van der Waals surface area contributed by atoms with E-state index in [0.29, 0.717) is 19.5 Å². The second kappa shape index (κ2) is 7.47. The van der Waals surface area contributed by atoms with Crippen molar-refractivity contribution >= 4 is 12.0 Å². The maximum Gasteiger partial charge on any atom is 0.326 e. The number of urea groups is 1. The Kier molecular flexibility index (Phi) is 5.96. The summed E-state index contributed by atoms with van der Waals surface area (Å²) in [5, 5.41) is 9.11. The molecule has 0 aliphatic carbocycles. The summed E-state index contributed by atoms with van der Waals surface area (Å²) < 4.78 is 0. The van der Waals surface area contributed by atoms with Crippen LogP contribution in [-0.4, -0.2) is 51.5 Å². The quantitative estimate of drug-likeness (QED) is 0.862. The first kappa shape index (κ1) is 15.9. The minimum absolute atomic E-state index is 0.299. The SMILES string of the molecule is CCC(C(=O)O)N(C)C(=O)N(CC)Cc1ccccn1. The van der Waals surface area contributed by atoms with Crippen molar-refractivity contribution in [2.45, 2.75) is 32.9 Å². The van der Waals surface area contributed by atoms with Gasteiger partial charge in [-0.1, -0.05) is 13.0 Å². The van der Waals surface area contributed by atoms with Gasteiger partial charge in [-0.3, -0.25) is 4.98 Å². The molecule has 20 heavy (non-hydrogen) atoms. The largest absolute Gasteiger partial charge is 0.480 e. The van der Waals surface area contributed by atoms with Gasteiger partial charge in [0, 0.05) is 19.8 Å². The zero-order valence-corrected chi connectivity index (χ0v) is 12.1. The van der Waals surface area contributed by atoms with Crippen molar-refractivity contribution in [3.8, 4) is 0 Å². The fourth-order valence-electron chi connectivity index (χ4n) is 1.97. The smallest absolute Gasteiger partial charge is 0.326 e. The Morgan fingerprint density at radius 3 is 2.50 bits per heavy atom. The van der Waals surface area contributed by atoms with Crippen LogP contribution in [0.2, 0.25) is 0 Å². The number of carbonyl (C=O) groups excluding carboxylic acids is 1. The summed E-state index contributed by atoms with van der Waals surface area (Å²) in [6.07, 6.45) is 2.04. The lowest BCUT2D eigenvalue weighted by molar-refractivity contribution is -0.142. The van der Waals surface area contributed by atoms with Crippen molar-refractivity contribution in [1.82, 2.24) is 14.8 Å². The van der Waals surface area contributed by atoms with Crippen LogP contribution >= 0.6 is 0 Å². The zero-order chi connectivity index (χ0) is 15.1. The number of hydrogen-bond acceptors (Lipinski definition) is 3. The molecular formula is C14H21N3O3. The summed E-state index contributed by atoms with van der Waals surface area (Å²) >= 11 is 0. The van der Waals surface area contributed by atoms with Crippen LogP contribution in [0, 0.1) is 0 Å². The molecule has 1 rings (SSSR count). The number of carboxylic acids is 1. The molecule has 0 saturated heterocycles. The monoisotopic (exact) mass is 279 g/mol. The van der Waals surface area contributed by atoms with Crippen LogP contribution in [-0.2, 0) is 11.3 Å². The van der Waals surface area contributed by atoms with Crippen molar-refractivity contribution in [2.24, 2.45) is 0 Å². The Bertz CT molecular complexity index is 450. The summed E-state index contributed by atoms with van der Waals surface area (Å²) in [5.41, 5.74) is 0.777. The Morgan fingerprint density at radius 1 is 1.35 bits per heavy atom. The molecule has 1 aromatic heterocycles. The van der Waals surface area contributed by atoms with E-state index in [9.17, 15) is 9.59 Å². The summed E-state index contributed by atoms with van der Waals surface area (Å²) in [6.45, 7) is 4.47. The first-order valence-electron chi connectivity index (χ1n) is 6.65. The highest BCUT2D eigenvalue weighted by molar-refractivity contribution is 5.82. The molecule has 0 bridgehead atoms. The second-order valence-electron chi connectivity index (χ2n) is 4.49. The molecule has 1 atom stereocenters. The van der Waals surface area contributed by atoms with E-state index >= 15 is 0 Å². The van der Waals surface area contributed by atoms with Crippen LogP contribution in [0.15, 0.2) is 24.4 Å². The number of carbonyl (C=O) groups is 2. The number of pyridine rings is 1. The first-order chi connectivity index (χ1) is 9.51. The van der Waals surface area contributed by atoms with Crippen LogP contribution in [0.3, 0.4) is 0 Å². The van der Waals surface area contributed by atoms with Gasteiger partial charge in [-0.05, 0) is 25.5 Å². The van der Waals surface area contributed by atoms with Crippen molar-refractivity contribution in [2.75, 3.05) is 13.6 Å². The van der Waals surface area contributed by atoms with E-state index in [1.807, 2.05) is 25.1 Å². The Balaban J connectivity index is 2.78. The van der Waals surface area contributed by atoms with Gasteiger partial charge in [-0.2, -0.15) is 0 Å². The third kappa shape index (κ3) is 3.94. The highest BCUT2D eigenvalue weighted by atomic mass is 16.4. The first-order valence-corrected chi connectivity index (χ1v) is 6.65. The number of hydrogen-bond donors (Lipinski definition) is 1. The molecule has 1 unspecified atom stereocenters. The van der Waals surface area contributed by atoms with Crippen LogP contribution < -0.4 is 0 Å². The van der Waals surface area contributed by atoms with E-state index in [2.05, 4.69) is 4.98 Å². The molecule has 0 spiro atoms. The predicted molar refractivity (Wildman–Crippen MR) is 75.2 cm³/mol. The molecule has 110 valence electrons. The standard InChI is InChI=1S/C14H21N3O3/c1-4-12(13(18)19)16(3)14(20)17(5-2)10-11-8-6-7-9-15-11/h6-9,12H,4-5,10H2,1-3H3,(H,18,19). The second-order valence-corrected chi connectivity index (χ2v) is 4.49. The topological polar surface area (TPSA) is 73.7 Å². The fourth-order valence-corrected chi connectivity index (χ4v) is 1.97. The van der Waals surface area contributed by atoms with Crippen molar-refractivity contribution in [1.29, 1.82) is 0 Å². The summed E-state index contributed by atoms with van der Waals surface area (Å²) in [7, 11) is 1.52. The molecule has 0 fully saturated rings. The minimum atomic E-state index is -0.989. The average Bonchev–Trinajstić information content (AvgIpc) is 2.45. The summed E-state index contributed by atoms with van der Waals surface area (Å²) in [4.78, 5) is 30.5. The Hall–Kier alpha value is -2.11.